The van der Waals surface area contributed by atoms with E-state index in [2.05, 4.69) is 5.32 Å². The molecule has 0 amide bonds. The summed E-state index contributed by atoms with van der Waals surface area (Å²) < 4.78 is 10.6. The van der Waals surface area contributed by atoms with Crippen molar-refractivity contribution >= 4 is 11.7 Å². The van der Waals surface area contributed by atoms with Gasteiger partial charge < -0.3 is 14.8 Å². The topological polar surface area (TPSA) is 47.6 Å². The van der Waals surface area contributed by atoms with E-state index in [9.17, 15) is 4.79 Å². The van der Waals surface area contributed by atoms with E-state index in [0.29, 0.717) is 18.8 Å². The molecule has 2 rings (SSSR count). The van der Waals surface area contributed by atoms with Crippen LogP contribution >= 0.6 is 0 Å². The molecule has 0 bridgehead atoms. The Morgan fingerprint density at radius 3 is 3.00 bits per heavy atom. The highest BCUT2D eigenvalue weighted by Crippen LogP contribution is 2.25. The minimum absolute atomic E-state index is 0.160. The van der Waals surface area contributed by atoms with Gasteiger partial charge in [-0.05, 0) is 44.4 Å². The Bertz CT molecular complexity index is 443. The van der Waals surface area contributed by atoms with Crippen LogP contribution in [0, 0.1) is 0 Å². The zero-order valence-corrected chi connectivity index (χ0v) is 11.6. The second-order valence-corrected chi connectivity index (χ2v) is 4.92. The maximum absolute atomic E-state index is 12.1. The van der Waals surface area contributed by atoms with Crippen LogP contribution in [0.4, 0.5) is 5.69 Å². The van der Waals surface area contributed by atoms with Crippen molar-refractivity contribution in [3.63, 3.8) is 0 Å². The Balaban J connectivity index is 1.95. The number of hydrogen-bond acceptors (Lipinski definition) is 4. The van der Waals surface area contributed by atoms with Crippen LogP contribution in [0.1, 0.15) is 36.2 Å². The SMILES string of the molecule is CC(C)OCCOC(=O)c1cccc2c1CCCN2. The zero-order valence-electron chi connectivity index (χ0n) is 11.6. The molecule has 0 saturated carbocycles. The smallest absolute Gasteiger partial charge is 0.338 e. The van der Waals surface area contributed by atoms with E-state index in [4.69, 9.17) is 9.47 Å². The highest BCUT2D eigenvalue weighted by molar-refractivity contribution is 5.93. The van der Waals surface area contributed by atoms with Crippen molar-refractivity contribution in [1.82, 2.24) is 0 Å². The Morgan fingerprint density at radius 2 is 2.21 bits per heavy atom. The van der Waals surface area contributed by atoms with Crippen LogP contribution in [0.15, 0.2) is 18.2 Å². The summed E-state index contributed by atoms with van der Waals surface area (Å²) >= 11 is 0. The number of ether oxygens (including phenoxy) is 2. The van der Waals surface area contributed by atoms with Gasteiger partial charge in [0, 0.05) is 12.2 Å². The van der Waals surface area contributed by atoms with Crippen molar-refractivity contribution in [3.8, 4) is 0 Å². The van der Waals surface area contributed by atoms with Crippen molar-refractivity contribution in [3.05, 3.63) is 29.3 Å². The standard InChI is InChI=1S/C15H21NO3/c1-11(2)18-9-10-19-15(17)13-5-3-7-14-12(13)6-4-8-16-14/h3,5,7,11,16H,4,6,8-10H2,1-2H3. The number of fused-ring (bicyclic) bond motifs is 1. The van der Waals surface area contributed by atoms with Gasteiger partial charge in [-0.15, -0.1) is 0 Å². The number of nitrogens with one attached hydrogen (secondary N) is 1. The normalized spacial score (nSPS) is 13.8. The molecule has 0 atom stereocenters. The van der Waals surface area contributed by atoms with E-state index < -0.39 is 0 Å². The lowest BCUT2D eigenvalue weighted by Crippen LogP contribution is -2.18. The molecule has 1 N–H and O–H groups in total. The second-order valence-electron chi connectivity index (χ2n) is 4.92. The molecule has 1 aromatic rings. The van der Waals surface area contributed by atoms with E-state index in [1.165, 1.54) is 0 Å². The fourth-order valence-electron chi connectivity index (χ4n) is 2.20. The summed E-state index contributed by atoms with van der Waals surface area (Å²) in [6, 6.07) is 5.73. The summed E-state index contributed by atoms with van der Waals surface area (Å²) in [5.74, 6) is -0.257. The average Bonchev–Trinajstić information content (AvgIpc) is 2.42. The van der Waals surface area contributed by atoms with E-state index in [1.54, 1.807) is 0 Å². The van der Waals surface area contributed by atoms with Gasteiger partial charge in [-0.3, -0.25) is 0 Å². The molecule has 1 heterocycles. The molecule has 0 radical (unpaired) electrons. The Morgan fingerprint density at radius 1 is 1.37 bits per heavy atom. The molecule has 0 saturated heterocycles. The molecule has 104 valence electrons. The molecule has 0 aromatic heterocycles. The fourth-order valence-corrected chi connectivity index (χ4v) is 2.20. The molecule has 1 aliphatic rings. The molecule has 0 aliphatic carbocycles. The minimum Gasteiger partial charge on any atom is -0.460 e. The Kier molecular flexibility index (Phi) is 4.80. The number of carbonyl (C=O) groups excluding carboxylic acids is 1. The Hall–Kier alpha value is -1.55. The first kappa shape index (κ1) is 13.9. The van der Waals surface area contributed by atoms with Gasteiger partial charge in [0.15, 0.2) is 0 Å². The van der Waals surface area contributed by atoms with Gasteiger partial charge in [0.1, 0.15) is 6.61 Å². The third-order valence-electron chi connectivity index (χ3n) is 3.08. The van der Waals surface area contributed by atoms with Crippen LogP contribution < -0.4 is 5.32 Å². The van der Waals surface area contributed by atoms with Crippen molar-refractivity contribution in [2.24, 2.45) is 0 Å². The molecule has 0 fully saturated rings. The number of carbonyl (C=O) groups is 1. The lowest BCUT2D eigenvalue weighted by Gasteiger charge is -2.20. The summed E-state index contributed by atoms with van der Waals surface area (Å²) in [5, 5.41) is 3.31. The first-order chi connectivity index (χ1) is 9.18. The number of hydrogen-bond donors (Lipinski definition) is 1. The quantitative estimate of drug-likeness (QED) is 0.655. The maximum Gasteiger partial charge on any atom is 0.338 e. The van der Waals surface area contributed by atoms with Gasteiger partial charge >= 0.3 is 5.97 Å². The molecular formula is C15H21NO3. The van der Waals surface area contributed by atoms with Crippen LogP contribution in [0.2, 0.25) is 0 Å². The lowest BCUT2D eigenvalue weighted by atomic mass is 9.98. The minimum atomic E-state index is -0.257. The number of benzene rings is 1. The largest absolute Gasteiger partial charge is 0.460 e. The predicted molar refractivity (Wildman–Crippen MR) is 74.6 cm³/mol. The van der Waals surface area contributed by atoms with Crippen molar-refractivity contribution in [1.29, 1.82) is 0 Å². The average molecular weight is 263 g/mol. The first-order valence-corrected chi connectivity index (χ1v) is 6.83. The molecular weight excluding hydrogens is 242 g/mol. The molecule has 1 aliphatic heterocycles. The zero-order chi connectivity index (χ0) is 13.7. The van der Waals surface area contributed by atoms with Crippen LogP contribution in [-0.2, 0) is 15.9 Å². The van der Waals surface area contributed by atoms with E-state index >= 15 is 0 Å². The maximum atomic E-state index is 12.1. The molecule has 0 spiro atoms. The summed E-state index contributed by atoms with van der Waals surface area (Å²) in [7, 11) is 0. The van der Waals surface area contributed by atoms with Crippen molar-refractivity contribution in [2.45, 2.75) is 32.8 Å². The van der Waals surface area contributed by atoms with Crippen LogP contribution in [0.25, 0.3) is 0 Å². The number of rotatable bonds is 5. The molecule has 1 aromatic carbocycles. The lowest BCUT2D eigenvalue weighted by molar-refractivity contribution is 0.0176. The van der Waals surface area contributed by atoms with Gasteiger partial charge in [-0.2, -0.15) is 0 Å². The van der Waals surface area contributed by atoms with Gasteiger partial charge in [0.2, 0.25) is 0 Å². The summed E-state index contributed by atoms with van der Waals surface area (Å²) in [5.41, 5.74) is 2.80. The third-order valence-corrected chi connectivity index (χ3v) is 3.08. The van der Waals surface area contributed by atoms with Gasteiger partial charge in [0.05, 0.1) is 18.3 Å². The van der Waals surface area contributed by atoms with Gasteiger partial charge in [-0.1, -0.05) is 6.07 Å². The Labute approximate surface area is 114 Å². The molecule has 4 heteroatoms. The van der Waals surface area contributed by atoms with Crippen LogP contribution in [-0.4, -0.2) is 31.8 Å². The van der Waals surface area contributed by atoms with Crippen LogP contribution in [0.3, 0.4) is 0 Å². The fraction of sp³-hybridized carbons (Fsp3) is 0.533. The third kappa shape index (κ3) is 3.70. The molecule has 0 unspecified atom stereocenters. The number of anilines is 1. The van der Waals surface area contributed by atoms with Crippen molar-refractivity contribution < 1.29 is 14.3 Å². The van der Waals surface area contributed by atoms with E-state index in [1.807, 2.05) is 32.0 Å². The highest BCUT2D eigenvalue weighted by Gasteiger charge is 2.18. The molecule has 4 nitrogen and oxygen atoms in total. The monoisotopic (exact) mass is 263 g/mol. The van der Waals surface area contributed by atoms with E-state index in [0.717, 1.165) is 30.6 Å². The molecule has 19 heavy (non-hydrogen) atoms. The van der Waals surface area contributed by atoms with Gasteiger partial charge in [-0.25, -0.2) is 4.79 Å². The summed E-state index contributed by atoms with van der Waals surface area (Å²) in [6.07, 6.45) is 2.14. The first-order valence-electron chi connectivity index (χ1n) is 6.83. The summed E-state index contributed by atoms with van der Waals surface area (Å²) in [4.78, 5) is 12.1. The number of esters is 1. The predicted octanol–water partition coefficient (Wildman–Crippen LogP) is 2.63. The second kappa shape index (κ2) is 6.57. The highest BCUT2D eigenvalue weighted by atomic mass is 16.6. The summed E-state index contributed by atoms with van der Waals surface area (Å²) in [6.45, 7) is 5.63. The van der Waals surface area contributed by atoms with Crippen LogP contribution in [0.5, 0.6) is 0 Å². The van der Waals surface area contributed by atoms with E-state index in [-0.39, 0.29) is 12.1 Å². The van der Waals surface area contributed by atoms with Crippen molar-refractivity contribution in [2.75, 3.05) is 25.1 Å². The van der Waals surface area contributed by atoms with Gasteiger partial charge in [0.25, 0.3) is 0 Å².